The first-order valence-electron chi connectivity index (χ1n) is 12.1. The van der Waals surface area contributed by atoms with Crippen LogP contribution in [0.2, 0.25) is 5.04 Å². The fourth-order valence-electron chi connectivity index (χ4n) is 4.94. The van der Waals surface area contributed by atoms with E-state index in [-0.39, 0.29) is 11.1 Å². The number of hydrogen-bond acceptors (Lipinski definition) is 3. The summed E-state index contributed by atoms with van der Waals surface area (Å²) in [5, 5.41) is 6.28. The predicted octanol–water partition coefficient (Wildman–Crippen LogP) is 4.90. The van der Waals surface area contributed by atoms with E-state index in [0.717, 1.165) is 26.0 Å². The van der Waals surface area contributed by atoms with Gasteiger partial charge in [0.15, 0.2) is 0 Å². The molecule has 0 radical (unpaired) electrons. The van der Waals surface area contributed by atoms with Crippen molar-refractivity contribution in [3.05, 3.63) is 96.6 Å². The van der Waals surface area contributed by atoms with Crippen LogP contribution in [0.4, 0.5) is 0 Å². The lowest BCUT2D eigenvalue weighted by molar-refractivity contribution is -0.0283. The number of hydrogen-bond donors (Lipinski definition) is 1. The Morgan fingerprint density at radius 1 is 0.818 bits per heavy atom. The highest BCUT2D eigenvalue weighted by atomic mass is 28.4. The van der Waals surface area contributed by atoms with Crippen LogP contribution in [0.3, 0.4) is 0 Å². The van der Waals surface area contributed by atoms with Crippen LogP contribution in [0.5, 0.6) is 0 Å². The third-order valence-corrected chi connectivity index (χ3v) is 11.7. The number of ether oxygens (including phenoxy) is 1. The lowest BCUT2D eigenvalue weighted by Crippen LogP contribution is -2.67. The standard InChI is InChI=1S/C29H37NO2Si/c1-29(2,3)33(27-15-9-5-10-16-27,28-17-11-6-12-18-28)32-23-26-20-19-25(22-31-26)30-21-24-13-7-4-8-14-24/h4-18,25-26,30H,19-23H2,1-3H3. The molecule has 3 nitrogen and oxygen atoms in total. The van der Waals surface area contributed by atoms with E-state index in [0.29, 0.717) is 12.6 Å². The summed E-state index contributed by atoms with van der Waals surface area (Å²) in [5.74, 6) is 0. The average Bonchev–Trinajstić information content (AvgIpc) is 2.85. The monoisotopic (exact) mass is 459 g/mol. The van der Waals surface area contributed by atoms with Gasteiger partial charge < -0.3 is 14.5 Å². The lowest BCUT2D eigenvalue weighted by Gasteiger charge is -2.44. The minimum absolute atomic E-state index is 0.00977. The van der Waals surface area contributed by atoms with Gasteiger partial charge in [0, 0.05) is 12.6 Å². The topological polar surface area (TPSA) is 30.5 Å². The molecule has 2 unspecified atom stereocenters. The van der Waals surface area contributed by atoms with Crippen molar-refractivity contribution in [2.24, 2.45) is 0 Å². The summed E-state index contributed by atoms with van der Waals surface area (Å²) in [7, 11) is -2.51. The molecule has 0 saturated carbocycles. The maximum atomic E-state index is 7.06. The van der Waals surface area contributed by atoms with Crippen molar-refractivity contribution in [2.45, 2.75) is 57.3 Å². The molecule has 1 heterocycles. The van der Waals surface area contributed by atoms with Crippen molar-refractivity contribution >= 4 is 18.7 Å². The Hall–Kier alpha value is -2.24. The van der Waals surface area contributed by atoms with Crippen molar-refractivity contribution in [1.82, 2.24) is 5.32 Å². The van der Waals surface area contributed by atoms with Gasteiger partial charge in [-0.05, 0) is 33.8 Å². The zero-order chi connectivity index (χ0) is 23.2. The van der Waals surface area contributed by atoms with E-state index in [1.165, 1.54) is 15.9 Å². The van der Waals surface area contributed by atoms with Crippen molar-refractivity contribution in [3.63, 3.8) is 0 Å². The number of benzene rings is 3. The van der Waals surface area contributed by atoms with Crippen LogP contribution in [0.25, 0.3) is 0 Å². The molecule has 4 rings (SSSR count). The Kier molecular flexibility index (Phi) is 7.81. The van der Waals surface area contributed by atoms with Gasteiger partial charge in [-0.15, -0.1) is 0 Å². The molecule has 1 fully saturated rings. The van der Waals surface area contributed by atoms with E-state index in [2.05, 4.69) is 117 Å². The summed E-state index contributed by atoms with van der Waals surface area (Å²) < 4.78 is 13.4. The van der Waals surface area contributed by atoms with Gasteiger partial charge in [-0.2, -0.15) is 0 Å². The first kappa shape index (κ1) is 23.9. The van der Waals surface area contributed by atoms with Gasteiger partial charge in [-0.1, -0.05) is 112 Å². The van der Waals surface area contributed by atoms with E-state index in [9.17, 15) is 0 Å². The summed E-state index contributed by atoms with van der Waals surface area (Å²) >= 11 is 0. The molecule has 1 N–H and O–H groups in total. The molecule has 3 aromatic rings. The van der Waals surface area contributed by atoms with Crippen LogP contribution in [0.1, 0.15) is 39.2 Å². The Labute approximate surface area is 200 Å². The minimum Gasteiger partial charge on any atom is -0.405 e. The number of nitrogens with one attached hydrogen (secondary N) is 1. The van der Waals surface area contributed by atoms with Crippen molar-refractivity contribution in [2.75, 3.05) is 13.2 Å². The Morgan fingerprint density at radius 2 is 1.36 bits per heavy atom. The van der Waals surface area contributed by atoms with Gasteiger partial charge in [0.05, 0.1) is 19.3 Å². The normalized spacial score (nSPS) is 19.4. The Bertz CT molecular complexity index is 925. The molecule has 1 aliphatic rings. The fraction of sp³-hybridized carbons (Fsp3) is 0.379. The maximum Gasteiger partial charge on any atom is 0.261 e. The first-order chi connectivity index (χ1) is 16.0. The quantitative estimate of drug-likeness (QED) is 0.486. The molecule has 33 heavy (non-hydrogen) atoms. The molecule has 0 bridgehead atoms. The van der Waals surface area contributed by atoms with E-state index in [1.807, 2.05) is 0 Å². The SMILES string of the molecule is CC(C)(C)[Si](OCC1CCC(NCc2ccccc2)CO1)(c1ccccc1)c1ccccc1. The molecule has 0 spiro atoms. The summed E-state index contributed by atoms with van der Waals surface area (Å²) in [6.07, 6.45) is 2.27. The molecule has 4 heteroatoms. The van der Waals surface area contributed by atoms with Crippen molar-refractivity contribution in [1.29, 1.82) is 0 Å². The molecule has 174 valence electrons. The van der Waals surface area contributed by atoms with Crippen LogP contribution in [0.15, 0.2) is 91.0 Å². The van der Waals surface area contributed by atoms with Gasteiger partial charge in [0.2, 0.25) is 0 Å². The summed E-state index contributed by atoms with van der Waals surface area (Å²) in [4.78, 5) is 0. The summed E-state index contributed by atoms with van der Waals surface area (Å²) in [5.41, 5.74) is 1.31. The zero-order valence-corrected chi connectivity index (χ0v) is 21.2. The second-order valence-electron chi connectivity index (χ2n) is 10.1. The van der Waals surface area contributed by atoms with E-state index in [1.54, 1.807) is 0 Å². The predicted molar refractivity (Wildman–Crippen MR) is 140 cm³/mol. The molecule has 3 aromatic carbocycles. The second kappa shape index (κ2) is 10.8. The van der Waals surface area contributed by atoms with Gasteiger partial charge in [-0.25, -0.2) is 0 Å². The summed E-state index contributed by atoms with van der Waals surface area (Å²) in [6.45, 7) is 9.23. The van der Waals surface area contributed by atoms with Crippen LogP contribution in [-0.4, -0.2) is 33.7 Å². The fourth-order valence-corrected chi connectivity index (χ4v) is 9.53. The van der Waals surface area contributed by atoms with Crippen LogP contribution in [0, 0.1) is 0 Å². The molecule has 1 saturated heterocycles. The van der Waals surface area contributed by atoms with E-state index < -0.39 is 8.32 Å². The van der Waals surface area contributed by atoms with Gasteiger partial charge >= 0.3 is 0 Å². The average molecular weight is 460 g/mol. The minimum atomic E-state index is -2.51. The largest absolute Gasteiger partial charge is 0.405 e. The Balaban J connectivity index is 1.44. The smallest absolute Gasteiger partial charge is 0.261 e. The van der Waals surface area contributed by atoms with E-state index >= 15 is 0 Å². The van der Waals surface area contributed by atoms with Gasteiger partial charge in [0.1, 0.15) is 0 Å². The molecule has 2 atom stereocenters. The van der Waals surface area contributed by atoms with E-state index in [4.69, 9.17) is 9.16 Å². The highest BCUT2D eigenvalue weighted by Gasteiger charge is 2.50. The highest BCUT2D eigenvalue weighted by molar-refractivity contribution is 6.99. The molecular formula is C29H37NO2Si. The zero-order valence-electron chi connectivity index (χ0n) is 20.2. The third-order valence-electron chi connectivity index (χ3n) is 6.71. The van der Waals surface area contributed by atoms with Crippen LogP contribution >= 0.6 is 0 Å². The third kappa shape index (κ3) is 5.64. The summed E-state index contributed by atoms with van der Waals surface area (Å²) in [6, 6.07) is 32.7. The number of rotatable bonds is 8. The van der Waals surface area contributed by atoms with Crippen LogP contribution < -0.4 is 15.7 Å². The lowest BCUT2D eigenvalue weighted by atomic mass is 10.1. The van der Waals surface area contributed by atoms with Crippen molar-refractivity contribution < 1.29 is 9.16 Å². The Morgan fingerprint density at radius 3 is 1.85 bits per heavy atom. The van der Waals surface area contributed by atoms with Crippen molar-refractivity contribution in [3.8, 4) is 0 Å². The maximum absolute atomic E-state index is 7.06. The first-order valence-corrected chi connectivity index (χ1v) is 14.0. The highest BCUT2D eigenvalue weighted by Crippen LogP contribution is 2.37. The van der Waals surface area contributed by atoms with Gasteiger partial charge in [0.25, 0.3) is 8.32 Å². The molecule has 0 aromatic heterocycles. The van der Waals surface area contributed by atoms with Gasteiger partial charge in [-0.3, -0.25) is 0 Å². The molecular weight excluding hydrogens is 422 g/mol. The molecule has 0 amide bonds. The van der Waals surface area contributed by atoms with Crippen LogP contribution in [-0.2, 0) is 15.7 Å². The molecule has 1 aliphatic heterocycles. The second-order valence-corrected chi connectivity index (χ2v) is 14.4. The molecule has 0 aliphatic carbocycles.